The first kappa shape index (κ1) is 16.6. The monoisotopic (exact) mass is 359 g/mol. The summed E-state index contributed by atoms with van der Waals surface area (Å²) in [6.07, 6.45) is 1.87. The lowest BCUT2D eigenvalue weighted by Gasteiger charge is -2.23. The van der Waals surface area contributed by atoms with Gasteiger partial charge in [0.15, 0.2) is 0 Å². The van der Waals surface area contributed by atoms with Crippen LogP contribution < -0.4 is 15.8 Å². The van der Waals surface area contributed by atoms with Crippen molar-refractivity contribution < 1.29 is 19.1 Å². The number of carboxylic acids is 1. The molecule has 1 aliphatic heterocycles. The molecule has 0 bridgehead atoms. The number of nitrogens with one attached hydrogen (secondary N) is 1. The minimum Gasteiger partial charge on any atom is -0.477 e. The van der Waals surface area contributed by atoms with E-state index < -0.39 is 17.3 Å². The van der Waals surface area contributed by atoms with E-state index in [-0.39, 0.29) is 23.9 Å². The third kappa shape index (κ3) is 2.81. The third-order valence-electron chi connectivity index (χ3n) is 4.90. The number of halogens is 1. The molecule has 1 aromatic carbocycles. The molecular weight excluding hydrogens is 341 g/mol. The van der Waals surface area contributed by atoms with Gasteiger partial charge in [0, 0.05) is 37.5 Å². The Kier molecular flexibility index (Phi) is 3.90. The fourth-order valence-electron chi connectivity index (χ4n) is 3.45. The second-order valence-electron chi connectivity index (χ2n) is 6.72. The van der Waals surface area contributed by atoms with Gasteiger partial charge in [0.2, 0.25) is 5.91 Å². The standard InChI is InChI=1S/C18H18FN3O4/c19-13-8-10-7-12(18(25)26)17(24)22(11-1-2-11)14(10)9-15(13)21-5-3-16(23)20-4-6-21/h7-9,11H,1-6H2,(H,20,23)(H,25,26). The molecule has 2 fully saturated rings. The van der Waals surface area contributed by atoms with Crippen molar-refractivity contribution >= 4 is 28.5 Å². The van der Waals surface area contributed by atoms with Gasteiger partial charge in [-0.1, -0.05) is 0 Å². The van der Waals surface area contributed by atoms with Gasteiger partial charge in [0.05, 0.1) is 11.2 Å². The number of carboxylic acid groups (broad SMARTS) is 1. The fourth-order valence-corrected chi connectivity index (χ4v) is 3.45. The summed E-state index contributed by atoms with van der Waals surface area (Å²) in [5, 5.41) is 12.4. The Morgan fingerprint density at radius 3 is 2.65 bits per heavy atom. The van der Waals surface area contributed by atoms with Gasteiger partial charge in [-0.15, -0.1) is 0 Å². The van der Waals surface area contributed by atoms with Crippen molar-refractivity contribution in [1.82, 2.24) is 9.88 Å². The Labute approximate surface area is 148 Å². The molecule has 0 spiro atoms. The Morgan fingerprint density at radius 1 is 1.19 bits per heavy atom. The van der Waals surface area contributed by atoms with E-state index in [0.717, 1.165) is 12.8 Å². The molecule has 2 aromatic rings. The number of aromatic nitrogens is 1. The molecule has 26 heavy (non-hydrogen) atoms. The summed E-state index contributed by atoms with van der Waals surface area (Å²) in [6.45, 7) is 1.27. The van der Waals surface area contributed by atoms with E-state index in [1.165, 1.54) is 16.7 Å². The molecule has 1 saturated carbocycles. The number of carbonyl (C=O) groups is 2. The van der Waals surface area contributed by atoms with Crippen molar-refractivity contribution in [2.24, 2.45) is 0 Å². The number of fused-ring (bicyclic) bond motifs is 1. The summed E-state index contributed by atoms with van der Waals surface area (Å²) >= 11 is 0. The summed E-state index contributed by atoms with van der Waals surface area (Å²) < 4.78 is 16.2. The summed E-state index contributed by atoms with van der Waals surface area (Å²) in [7, 11) is 0. The lowest BCUT2D eigenvalue weighted by molar-refractivity contribution is -0.120. The molecule has 1 saturated heterocycles. The predicted molar refractivity (Wildman–Crippen MR) is 93.2 cm³/mol. The normalized spacial score (nSPS) is 17.9. The van der Waals surface area contributed by atoms with Gasteiger partial charge in [-0.2, -0.15) is 0 Å². The molecule has 4 rings (SSSR count). The van der Waals surface area contributed by atoms with Crippen molar-refractivity contribution in [3.63, 3.8) is 0 Å². The molecule has 2 N–H and O–H groups in total. The van der Waals surface area contributed by atoms with Crippen LogP contribution in [0.3, 0.4) is 0 Å². The minimum absolute atomic E-state index is 0.0463. The van der Waals surface area contributed by atoms with Crippen LogP contribution in [0.15, 0.2) is 23.0 Å². The number of amides is 1. The first-order chi connectivity index (χ1) is 12.5. The Bertz CT molecular complexity index is 981. The average molecular weight is 359 g/mol. The molecule has 7 nitrogen and oxygen atoms in total. The average Bonchev–Trinajstić information content (AvgIpc) is 3.42. The topological polar surface area (TPSA) is 91.6 Å². The summed E-state index contributed by atoms with van der Waals surface area (Å²) in [5.74, 6) is -1.88. The molecule has 0 atom stereocenters. The zero-order chi connectivity index (χ0) is 18.4. The van der Waals surface area contributed by atoms with Gasteiger partial charge in [0.1, 0.15) is 11.4 Å². The van der Waals surface area contributed by atoms with Crippen LogP contribution in [0.1, 0.15) is 35.7 Å². The summed E-state index contributed by atoms with van der Waals surface area (Å²) in [6, 6.07) is 4.07. The number of rotatable bonds is 3. The van der Waals surface area contributed by atoms with Crippen LogP contribution >= 0.6 is 0 Å². The predicted octanol–water partition coefficient (Wildman–Crippen LogP) is 1.50. The second-order valence-corrected chi connectivity index (χ2v) is 6.72. The van der Waals surface area contributed by atoms with Crippen LogP contribution in [0.25, 0.3) is 10.9 Å². The van der Waals surface area contributed by atoms with Crippen LogP contribution in [0.2, 0.25) is 0 Å². The van der Waals surface area contributed by atoms with E-state index in [4.69, 9.17) is 0 Å². The van der Waals surface area contributed by atoms with E-state index >= 15 is 0 Å². The van der Waals surface area contributed by atoms with Gasteiger partial charge in [-0.3, -0.25) is 9.59 Å². The van der Waals surface area contributed by atoms with Gasteiger partial charge in [-0.05, 0) is 31.0 Å². The first-order valence-corrected chi connectivity index (χ1v) is 8.59. The van der Waals surface area contributed by atoms with Crippen LogP contribution in [0.5, 0.6) is 0 Å². The Morgan fingerprint density at radius 2 is 1.96 bits per heavy atom. The zero-order valence-electron chi connectivity index (χ0n) is 14.0. The highest BCUT2D eigenvalue weighted by atomic mass is 19.1. The van der Waals surface area contributed by atoms with E-state index in [2.05, 4.69) is 5.32 Å². The number of anilines is 1. The maximum absolute atomic E-state index is 14.7. The van der Waals surface area contributed by atoms with Crippen molar-refractivity contribution in [3.05, 3.63) is 39.9 Å². The molecule has 0 radical (unpaired) electrons. The molecule has 136 valence electrons. The van der Waals surface area contributed by atoms with Crippen LogP contribution in [0, 0.1) is 5.82 Å². The number of benzene rings is 1. The summed E-state index contributed by atoms with van der Waals surface area (Å²) in [5.41, 5.74) is -0.0489. The maximum Gasteiger partial charge on any atom is 0.341 e. The second kappa shape index (κ2) is 6.12. The highest BCUT2D eigenvalue weighted by Crippen LogP contribution is 2.37. The molecule has 8 heteroatoms. The van der Waals surface area contributed by atoms with Crippen LogP contribution in [-0.2, 0) is 4.79 Å². The van der Waals surface area contributed by atoms with Gasteiger partial charge in [-0.25, -0.2) is 9.18 Å². The minimum atomic E-state index is -1.31. The molecule has 1 aromatic heterocycles. The largest absolute Gasteiger partial charge is 0.477 e. The van der Waals surface area contributed by atoms with Crippen molar-refractivity contribution in [1.29, 1.82) is 0 Å². The Balaban J connectivity index is 1.89. The van der Waals surface area contributed by atoms with Gasteiger partial charge in [0.25, 0.3) is 5.56 Å². The van der Waals surface area contributed by atoms with E-state index in [0.29, 0.717) is 36.2 Å². The number of aromatic carboxylic acids is 1. The maximum atomic E-state index is 14.7. The van der Waals surface area contributed by atoms with Crippen molar-refractivity contribution in [3.8, 4) is 0 Å². The van der Waals surface area contributed by atoms with Gasteiger partial charge >= 0.3 is 5.97 Å². The molecule has 2 aliphatic rings. The third-order valence-corrected chi connectivity index (χ3v) is 4.90. The molecular formula is C18H18FN3O4. The smallest absolute Gasteiger partial charge is 0.341 e. The number of pyridine rings is 1. The lowest BCUT2D eigenvalue weighted by Crippen LogP contribution is -2.30. The van der Waals surface area contributed by atoms with Gasteiger partial charge < -0.3 is 19.9 Å². The first-order valence-electron chi connectivity index (χ1n) is 8.59. The highest BCUT2D eigenvalue weighted by molar-refractivity contribution is 5.93. The van der Waals surface area contributed by atoms with E-state index in [1.54, 1.807) is 11.0 Å². The van der Waals surface area contributed by atoms with Crippen molar-refractivity contribution in [2.45, 2.75) is 25.3 Å². The van der Waals surface area contributed by atoms with Crippen molar-refractivity contribution in [2.75, 3.05) is 24.5 Å². The van der Waals surface area contributed by atoms with Crippen LogP contribution in [0.4, 0.5) is 10.1 Å². The SMILES string of the molecule is O=C1CCN(c2cc3c(cc2F)cc(C(=O)O)c(=O)n3C2CC2)CCN1. The molecule has 2 heterocycles. The van der Waals surface area contributed by atoms with Crippen LogP contribution in [-0.4, -0.2) is 41.2 Å². The highest BCUT2D eigenvalue weighted by Gasteiger charge is 2.29. The number of nitrogens with zero attached hydrogens (tertiary/aromatic N) is 2. The molecule has 0 unspecified atom stereocenters. The Hall–Kier alpha value is -2.90. The number of hydrogen-bond acceptors (Lipinski definition) is 4. The van der Waals surface area contributed by atoms with E-state index in [9.17, 15) is 23.9 Å². The number of hydrogen-bond donors (Lipinski definition) is 2. The van der Waals surface area contributed by atoms with E-state index in [1.807, 2.05) is 0 Å². The molecule has 1 aliphatic carbocycles. The zero-order valence-corrected chi connectivity index (χ0v) is 14.0. The number of carbonyl (C=O) groups excluding carboxylic acids is 1. The fraction of sp³-hybridized carbons (Fsp3) is 0.389. The quantitative estimate of drug-likeness (QED) is 0.867. The molecule has 1 amide bonds. The summed E-state index contributed by atoms with van der Waals surface area (Å²) in [4.78, 5) is 37.3. The lowest BCUT2D eigenvalue weighted by atomic mass is 10.1.